The van der Waals surface area contributed by atoms with E-state index in [-0.39, 0.29) is 11.9 Å². The zero-order valence-corrected chi connectivity index (χ0v) is 13.9. The van der Waals surface area contributed by atoms with Crippen LogP contribution in [-0.4, -0.2) is 47.0 Å². The summed E-state index contributed by atoms with van der Waals surface area (Å²) >= 11 is 0. The number of likely N-dealkylation sites (N-methyl/N-ethyl adjacent to an activating group) is 1. The normalized spacial score (nSPS) is 19.5. The van der Waals surface area contributed by atoms with E-state index in [1.807, 2.05) is 12.1 Å². The zero-order valence-electron chi connectivity index (χ0n) is 13.9. The SMILES string of the molecule is CN(Cc1ccco1)C(=O)CN1CCCC1CC(O)c1ccco1. The van der Waals surface area contributed by atoms with Gasteiger partial charge in [-0.15, -0.1) is 0 Å². The van der Waals surface area contributed by atoms with Gasteiger partial charge in [-0.25, -0.2) is 0 Å². The lowest BCUT2D eigenvalue weighted by atomic mass is 10.1. The molecule has 0 radical (unpaired) electrons. The van der Waals surface area contributed by atoms with E-state index in [0.717, 1.165) is 25.1 Å². The zero-order chi connectivity index (χ0) is 16.9. The molecule has 0 saturated carbocycles. The Morgan fingerprint density at radius 1 is 1.38 bits per heavy atom. The molecule has 2 aromatic rings. The summed E-state index contributed by atoms with van der Waals surface area (Å²) in [4.78, 5) is 16.3. The molecule has 24 heavy (non-hydrogen) atoms. The standard InChI is InChI=1S/C18H24N2O4/c1-19(12-15-6-3-9-23-15)18(22)13-20-8-2-5-14(20)11-16(21)17-7-4-10-24-17/h3-4,6-7,9-10,14,16,21H,2,5,8,11-13H2,1H3. The largest absolute Gasteiger partial charge is 0.467 e. The van der Waals surface area contributed by atoms with Crippen molar-refractivity contribution in [3.8, 4) is 0 Å². The van der Waals surface area contributed by atoms with Crippen LogP contribution in [0.1, 0.15) is 36.9 Å². The predicted molar refractivity (Wildman–Crippen MR) is 88.1 cm³/mol. The lowest BCUT2D eigenvalue weighted by Crippen LogP contribution is -2.40. The molecule has 3 heterocycles. The Labute approximate surface area is 141 Å². The van der Waals surface area contributed by atoms with E-state index in [9.17, 15) is 9.90 Å². The van der Waals surface area contributed by atoms with Crippen LogP contribution in [0.5, 0.6) is 0 Å². The fraction of sp³-hybridized carbons (Fsp3) is 0.500. The smallest absolute Gasteiger partial charge is 0.236 e. The number of aliphatic hydroxyl groups is 1. The highest BCUT2D eigenvalue weighted by Crippen LogP contribution is 2.27. The lowest BCUT2D eigenvalue weighted by molar-refractivity contribution is -0.132. The molecule has 0 bridgehead atoms. The molecule has 0 spiro atoms. The van der Waals surface area contributed by atoms with Crippen molar-refractivity contribution in [3.63, 3.8) is 0 Å². The molecule has 0 aliphatic carbocycles. The Bertz CT molecular complexity index is 624. The van der Waals surface area contributed by atoms with Gasteiger partial charge in [0.05, 0.1) is 25.6 Å². The molecular formula is C18H24N2O4. The molecule has 1 saturated heterocycles. The van der Waals surface area contributed by atoms with Gasteiger partial charge in [-0.3, -0.25) is 9.69 Å². The fourth-order valence-corrected chi connectivity index (χ4v) is 3.24. The molecule has 6 heteroatoms. The highest BCUT2D eigenvalue weighted by atomic mass is 16.4. The van der Waals surface area contributed by atoms with Crippen LogP contribution >= 0.6 is 0 Å². The first-order valence-corrected chi connectivity index (χ1v) is 8.35. The maximum absolute atomic E-state index is 12.4. The minimum absolute atomic E-state index is 0.0609. The van der Waals surface area contributed by atoms with Crippen LogP contribution in [0.25, 0.3) is 0 Å². The van der Waals surface area contributed by atoms with Crippen LogP contribution in [-0.2, 0) is 11.3 Å². The number of aliphatic hydroxyl groups excluding tert-OH is 1. The summed E-state index contributed by atoms with van der Waals surface area (Å²) in [7, 11) is 1.79. The molecule has 1 aliphatic rings. The highest BCUT2D eigenvalue weighted by molar-refractivity contribution is 5.78. The van der Waals surface area contributed by atoms with Gasteiger partial charge in [0.2, 0.25) is 5.91 Å². The van der Waals surface area contributed by atoms with Crippen molar-refractivity contribution in [2.24, 2.45) is 0 Å². The van der Waals surface area contributed by atoms with E-state index in [2.05, 4.69) is 4.90 Å². The summed E-state index contributed by atoms with van der Waals surface area (Å²) in [6.07, 6.45) is 5.18. The average Bonchev–Trinajstić information content (AvgIpc) is 3.29. The summed E-state index contributed by atoms with van der Waals surface area (Å²) in [6.45, 7) is 1.72. The quantitative estimate of drug-likeness (QED) is 0.843. The van der Waals surface area contributed by atoms with Gasteiger partial charge in [0.15, 0.2) is 0 Å². The molecule has 0 aromatic carbocycles. The summed E-state index contributed by atoms with van der Waals surface area (Å²) in [5.74, 6) is 1.42. The third-order valence-corrected chi connectivity index (χ3v) is 4.60. The highest BCUT2D eigenvalue weighted by Gasteiger charge is 2.30. The van der Waals surface area contributed by atoms with Crippen molar-refractivity contribution in [3.05, 3.63) is 48.3 Å². The first kappa shape index (κ1) is 16.8. The molecule has 1 N–H and O–H groups in total. The van der Waals surface area contributed by atoms with Gasteiger partial charge in [0.25, 0.3) is 0 Å². The van der Waals surface area contributed by atoms with E-state index < -0.39 is 6.10 Å². The van der Waals surface area contributed by atoms with Crippen LogP contribution in [0.2, 0.25) is 0 Å². The number of rotatable bonds is 7. The van der Waals surface area contributed by atoms with Crippen LogP contribution in [0.15, 0.2) is 45.6 Å². The molecular weight excluding hydrogens is 308 g/mol. The number of carbonyl (C=O) groups is 1. The number of carbonyl (C=O) groups excluding carboxylic acids is 1. The third kappa shape index (κ3) is 4.07. The van der Waals surface area contributed by atoms with Crippen LogP contribution in [0.4, 0.5) is 0 Å². The molecule has 1 aliphatic heterocycles. The molecule has 3 rings (SSSR count). The van der Waals surface area contributed by atoms with Gasteiger partial charge < -0.3 is 18.8 Å². The molecule has 1 amide bonds. The van der Waals surface area contributed by atoms with Gasteiger partial charge in [0.1, 0.15) is 17.6 Å². The molecule has 6 nitrogen and oxygen atoms in total. The number of likely N-dealkylation sites (tertiary alicyclic amines) is 1. The number of nitrogens with zero attached hydrogens (tertiary/aromatic N) is 2. The van der Waals surface area contributed by atoms with Gasteiger partial charge in [-0.2, -0.15) is 0 Å². The van der Waals surface area contributed by atoms with Gasteiger partial charge in [-0.1, -0.05) is 0 Å². The first-order chi connectivity index (χ1) is 11.6. The van der Waals surface area contributed by atoms with Crippen molar-refractivity contribution in [2.75, 3.05) is 20.1 Å². The minimum atomic E-state index is -0.624. The Hall–Kier alpha value is -2.05. The van der Waals surface area contributed by atoms with Crippen LogP contribution < -0.4 is 0 Å². The molecule has 2 aromatic heterocycles. The van der Waals surface area contributed by atoms with Crippen LogP contribution in [0, 0.1) is 0 Å². The summed E-state index contributed by atoms with van der Waals surface area (Å²) in [5, 5.41) is 10.3. The number of hydrogen-bond donors (Lipinski definition) is 1. The van der Waals surface area contributed by atoms with Gasteiger partial charge in [0, 0.05) is 13.1 Å². The number of amides is 1. The maximum atomic E-state index is 12.4. The van der Waals surface area contributed by atoms with Crippen LogP contribution in [0.3, 0.4) is 0 Å². The average molecular weight is 332 g/mol. The molecule has 130 valence electrons. The van der Waals surface area contributed by atoms with E-state index in [1.54, 1.807) is 36.6 Å². The van der Waals surface area contributed by atoms with E-state index in [1.165, 1.54) is 0 Å². The topological polar surface area (TPSA) is 70.1 Å². The first-order valence-electron chi connectivity index (χ1n) is 8.35. The maximum Gasteiger partial charge on any atom is 0.236 e. The van der Waals surface area contributed by atoms with Crippen molar-refractivity contribution >= 4 is 5.91 Å². The minimum Gasteiger partial charge on any atom is -0.467 e. The fourth-order valence-electron chi connectivity index (χ4n) is 3.24. The van der Waals surface area contributed by atoms with Crippen molar-refractivity contribution in [1.29, 1.82) is 0 Å². The Morgan fingerprint density at radius 2 is 2.17 bits per heavy atom. The Kier molecular flexibility index (Phi) is 5.37. The summed E-state index contributed by atoms with van der Waals surface area (Å²) < 4.78 is 10.6. The Balaban J connectivity index is 1.52. The molecule has 1 fully saturated rings. The van der Waals surface area contributed by atoms with E-state index in [4.69, 9.17) is 8.83 Å². The van der Waals surface area contributed by atoms with Crippen molar-refractivity contribution in [2.45, 2.75) is 38.0 Å². The second kappa shape index (κ2) is 7.68. The number of hydrogen-bond acceptors (Lipinski definition) is 5. The third-order valence-electron chi connectivity index (χ3n) is 4.60. The lowest BCUT2D eigenvalue weighted by Gasteiger charge is -2.27. The van der Waals surface area contributed by atoms with Crippen molar-refractivity contribution < 1.29 is 18.7 Å². The number of furan rings is 2. The second-order valence-electron chi connectivity index (χ2n) is 6.36. The predicted octanol–water partition coefficient (Wildman–Crippen LogP) is 2.42. The monoisotopic (exact) mass is 332 g/mol. The Morgan fingerprint density at radius 3 is 2.88 bits per heavy atom. The van der Waals surface area contributed by atoms with E-state index in [0.29, 0.717) is 25.3 Å². The summed E-state index contributed by atoms with van der Waals surface area (Å²) in [6, 6.07) is 7.44. The summed E-state index contributed by atoms with van der Waals surface area (Å²) in [5.41, 5.74) is 0. The van der Waals surface area contributed by atoms with Gasteiger partial charge in [-0.05, 0) is 50.1 Å². The van der Waals surface area contributed by atoms with Crippen molar-refractivity contribution in [1.82, 2.24) is 9.80 Å². The molecule has 2 atom stereocenters. The second-order valence-corrected chi connectivity index (χ2v) is 6.36. The molecule has 2 unspecified atom stereocenters. The van der Waals surface area contributed by atoms with Gasteiger partial charge >= 0.3 is 0 Å². The van der Waals surface area contributed by atoms with E-state index >= 15 is 0 Å².